The molecule has 2 aromatic carbocycles. The fourth-order valence-electron chi connectivity index (χ4n) is 3.23. The summed E-state index contributed by atoms with van der Waals surface area (Å²) in [5, 5.41) is 16.4. The quantitative estimate of drug-likeness (QED) is 0.552. The Morgan fingerprint density at radius 3 is 2.61 bits per heavy atom. The second kappa shape index (κ2) is 8.64. The Bertz CT molecular complexity index is 1040. The average Bonchev–Trinajstić information content (AvgIpc) is 3.23. The SMILES string of the molecule is N#Cc1ccc(-c2csc(N/N=C3\CCCC\C3=C/c3ccccc3)n2)cc1. The van der Waals surface area contributed by atoms with Crippen LogP contribution >= 0.6 is 11.3 Å². The van der Waals surface area contributed by atoms with Gasteiger partial charge < -0.3 is 0 Å². The molecular formula is C23H20N4S. The highest BCUT2D eigenvalue weighted by atomic mass is 32.1. The molecular weight excluding hydrogens is 364 g/mol. The van der Waals surface area contributed by atoms with E-state index in [0.29, 0.717) is 5.56 Å². The van der Waals surface area contributed by atoms with Crippen LogP contribution < -0.4 is 5.43 Å². The van der Waals surface area contributed by atoms with Gasteiger partial charge in [-0.05, 0) is 55.0 Å². The number of nitrogens with zero attached hydrogens (tertiary/aromatic N) is 3. The van der Waals surface area contributed by atoms with Crippen molar-refractivity contribution >= 4 is 28.3 Å². The molecule has 0 unspecified atom stereocenters. The predicted molar refractivity (Wildman–Crippen MR) is 116 cm³/mol. The van der Waals surface area contributed by atoms with Gasteiger partial charge in [0, 0.05) is 10.9 Å². The summed E-state index contributed by atoms with van der Waals surface area (Å²) in [5.74, 6) is 0. The molecule has 0 spiro atoms. The minimum atomic E-state index is 0.652. The zero-order valence-corrected chi connectivity index (χ0v) is 16.2. The second-order valence-electron chi connectivity index (χ2n) is 6.68. The van der Waals surface area contributed by atoms with E-state index < -0.39 is 0 Å². The van der Waals surface area contributed by atoms with Crippen molar-refractivity contribution in [2.45, 2.75) is 25.7 Å². The molecule has 0 amide bonds. The summed E-state index contributed by atoms with van der Waals surface area (Å²) in [6.07, 6.45) is 6.66. The lowest BCUT2D eigenvalue weighted by Gasteiger charge is -2.16. The zero-order chi connectivity index (χ0) is 19.2. The number of hydrogen-bond donors (Lipinski definition) is 1. The number of hydrazone groups is 1. The fraction of sp³-hybridized carbons (Fsp3) is 0.174. The fourth-order valence-corrected chi connectivity index (χ4v) is 3.90. The topological polar surface area (TPSA) is 61.1 Å². The van der Waals surface area contributed by atoms with Crippen LogP contribution in [0.4, 0.5) is 5.13 Å². The summed E-state index contributed by atoms with van der Waals surface area (Å²) in [6, 6.07) is 20.0. The molecule has 1 aliphatic rings. The third-order valence-corrected chi connectivity index (χ3v) is 5.47. The number of benzene rings is 2. The van der Waals surface area contributed by atoms with Gasteiger partial charge in [0.1, 0.15) is 0 Å². The molecule has 0 saturated heterocycles. The van der Waals surface area contributed by atoms with Crippen molar-refractivity contribution in [2.75, 3.05) is 5.43 Å². The third kappa shape index (κ3) is 4.36. The number of hydrogen-bond acceptors (Lipinski definition) is 5. The Labute approximate surface area is 168 Å². The van der Waals surface area contributed by atoms with E-state index in [4.69, 9.17) is 5.26 Å². The largest absolute Gasteiger partial charge is 0.252 e. The van der Waals surface area contributed by atoms with Crippen LogP contribution in [0.15, 0.2) is 70.7 Å². The Hall–Kier alpha value is -3.23. The van der Waals surface area contributed by atoms with Crippen LogP contribution in [-0.2, 0) is 0 Å². The van der Waals surface area contributed by atoms with Gasteiger partial charge in [-0.25, -0.2) is 4.98 Å². The van der Waals surface area contributed by atoms with Crippen molar-refractivity contribution in [1.82, 2.24) is 4.98 Å². The Morgan fingerprint density at radius 1 is 1.04 bits per heavy atom. The van der Waals surface area contributed by atoms with Crippen molar-refractivity contribution in [3.63, 3.8) is 0 Å². The van der Waals surface area contributed by atoms with Crippen LogP contribution in [0.25, 0.3) is 17.3 Å². The molecule has 0 aliphatic heterocycles. The average molecular weight is 385 g/mol. The number of aromatic nitrogens is 1. The molecule has 0 atom stereocenters. The van der Waals surface area contributed by atoms with Crippen LogP contribution in [0, 0.1) is 11.3 Å². The first-order valence-electron chi connectivity index (χ1n) is 9.36. The zero-order valence-electron chi connectivity index (χ0n) is 15.4. The van der Waals surface area contributed by atoms with Crippen LogP contribution in [-0.4, -0.2) is 10.7 Å². The number of rotatable bonds is 4. The lowest BCUT2D eigenvalue weighted by atomic mass is 9.91. The molecule has 28 heavy (non-hydrogen) atoms. The lowest BCUT2D eigenvalue weighted by Crippen LogP contribution is -2.11. The maximum absolute atomic E-state index is 8.92. The molecule has 0 bridgehead atoms. The normalized spacial score (nSPS) is 16.8. The molecule has 138 valence electrons. The molecule has 1 fully saturated rings. The summed E-state index contributed by atoms with van der Waals surface area (Å²) in [6.45, 7) is 0. The Balaban J connectivity index is 1.50. The van der Waals surface area contributed by atoms with Crippen LogP contribution in [0.2, 0.25) is 0 Å². The smallest absolute Gasteiger partial charge is 0.203 e. The van der Waals surface area contributed by atoms with Crippen molar-refractivity contribution in [3.05, 3.63) is 76.7 Å². The molecule has 3 aromatic rings. The number of allylic oxidation sites excluding steroid dienone is 1. The van der Waals surface area contributed by atoms with Gasteiger partial charge in [-0.2, -0.15) is 10.4 Å². The predicted octanol–water partition coefficient (Wildman–Crippen LogP) is 6.11. The minimum absolute atomic E-state index is 0.652. The van der Waals surface area contributed by atoms with E-state index in [1.54, 1.807) is 0 Å². The van der Waals surface area contributed by atoms with Gasteiger partial charge in [0.2, 0.25) is 5.13 Å². The monoisotopic (exact) mass is 384 g/mol. The van der Waals surface area contributed by atoms with E-state index >= 15 is 0 Å². The minimum Gasteiger partial charge on any atom is -0.252 e. The summed E-state index contributed by atoms with van der Waals surface area (Å²) in [5.41, 5.74) is 9.31. The highest BCUT2D eigenvalue weighted by molar-refractivity contribution is 7.14. The summed E-state index contributed by atoms with van der Waals surface area (Å²) in [4.78, 5) is 4.63. The number of nitrogens with one attached hydrogen (secondary N) is 1. The highest BCUT2D eigenvalue weighted by Gasteiger charge is 2.14. The van der Waals surface area contributed by atoms with Crippen LogP contribution in [0.5, 0.6) is 0 Å². The first-order valence-corrected chi connectivity index (χ1v) is 10.2. The third-order valence-electron chi connectivity index (χ3n) is 4.72. The molecule has 4 nitrogen and oxygen atoms in total. The Morgan fingerprint density at radius 2 is 1.82 bits per heavy atom. The molecule has 1 saturated carbocycles. The van der Waals surface area contributed by atoms with Crippen molar-refractivity contribution in [1.29, 1.82) is 5.26 Å². The number of thiazole rings is 1. The molecule has 1 aromatic heterocycles. The maximum atomic E-state index is 8.92. The van der Waals surface area contributed by atoms with E-state index in [1.165, 1.54) is 35.3 Å². The van der Waals surface area contributed by atoms with E-state index in [9.17, 15) is 0 Å². The lowest BCUT2D eigenvalue weighted by molar-refractivity contribution is 0.734. The standard InChI is InChI=1S/C23H20N4S/c24-15-18-10-12-19(13-11-18)22-16-28-23(25-22)27-26-21-9-5-4-8-20(21)14-17-6-2-1-3-7-17/h1-3,6-7,10-14,16H,4-5,8-9H2,(H,25,27)/b20-14+,26-21+. The van der Waals surface area contributed by atoms with Crippen LogP contribution in [0.3, 0.4) is 0 Å². The second-order valence-corrected chi connectivity index (χ2v) is 7.54. The molecule has 0 radical (unpaired) electrons. The van der Waals surface area contributed by atoms with Gasteiger partial charge in [0.25, 0.3) is 0 Å². The van der Waals surface area contributed by atoms with Crippen molar-refractivity contribution < 1.29 is 0 Å². The van der Waals surface area contributed by atoms with E-state index in [-0.39, 0.29) is 0 Å². The first kappa shape index (κ1) is 18.1. The van der Waals surface area contributed by atoms with Gasteiger partial charge in [-0.15, -0.1) is 11.3 Å². The van der Waals surface area contributed by atoms with Gasteiger partial charge in [-0.3, -0.25) is 5.43 Å². The van der Waals surface area contributed by atoms with E-state index in [2.05, 4.69) is 51.9 Å². The van der Waals surface area contributed by atoms with Crippen molar-refractivity contribution in [3.8, 4) is 17.3 Å². The van der Waals surface area contributed by atoms with Gasteiger partial charge >= 0.3 is 0 Å². The molecule has 1 aliphatic carbocycles. The van der Waals surface area contributed by atoms with Crippen LogP contribution in [0.1, 0.15) is 36.8 Å². The summed E-state index contributed by atoms with van der Waals surface area (Å²) < 4.78 is 0. The Kier molecular flexibility index (Phi) is 5.60. The molecule has 4 rings (SSSR count). The highest BCUT2D eigenvalue weighted by Crippen LogP contribution is 2.27. The van der Waals surface area contributed by atoms with E-state index in [0.717, 1.165) is 34.9 Å². The summed E-state index contributed by atoms with van der Waals surface area (Å²) >= 11 is 1.53. The number of anilines is 1. The molecule has 1 N–H and O–H groups in total. The van der Waals surface area contributed by atoms with Crippen molar-refractivity contribution in [2.24, 2.45) is 5.10 Å². The van der Waals surface area contributed by atoms with E-state index in [1.807, 2.05) is 35.7 Å². The molecule has 1 heterocycles. The van der Waals surface area contributed by atoms with Gasteiger partial charge in [0.15, 0.2) is 0 Å². The summed E-state index contributed by atoms with van der Waals surface area (Å²) in [7, 11) is 0. The van der Waals surface area contributed by atoms with Gasteiger partial charge in [0.05, 0.1) is 23.0 Å². The maximum Gasteiger partial charge on any atom is 0.203 e. The number of nitriles is 1. The first-order chi connectivity index (χ1) is 13.8. The molecule has 5 heteroatoms. The van der Waals surface area contributed by atoms with Gasteiger partial charge in [-0.1, -0.05) is 42.5 Å².